The maximum atomic E-state index is 4.19. The molecule has 0 amide bonds. The lowest BCUT2D eigenvalue weighted by atomic mass is 9.83. The molecule has 3 heteroatoms. The molecule has 1 saturated carbocycles. The summed E-state index contributed by atoms with van der Waals surface area (Å²) in [5.74, 6) is 0.907. The van der Waals surface area contributed by atoms with Crippen LogP contribution in [0, 0.1) is 0 Å². The molecule has 0 aliphatic heterocycles. The predicted octanol–water partition coefficient (Wildman–Crippen LogP) is 2.54. The summed E-state index contributed by atoms with van der Waals surface area (Å²) < 4.78 is 0. The van der Waals surface area contributed by atoms with Crippen molar-refractivity contribution in [3.05, 3.63) is 12.4 Å². The van der Waals surface area contributed by atoms with Crippen LogP contribution in [0.2, 0.25) is 0 Å². The second-order valence-corrected chi connectivity index (χ2v) is 4.18. The van der Waals surface area contributed by atoms with Crippen LogP contribution < -0.4 is 5.32 Å². The third kappa shape index (κ3) is 2.02. The van der Waals surface area contributed by atoms with Crippen molar-refractivity contribution in [2.75, 3.05) is 5.32 Å². The van der Waals surface area contributed by atoms with Crippen LogP contribution in [0.5, 0.6) is 0 Å². The quantitative estimate of drug-likeness (QED) is 0.732. The number of H-pyrrole nitrogens is 1. The maximum Gasteiger partial charge on any atom is 0.200 e. The Hall–Kier alpha value is -0.990. The van der Waals surface area contributed by atoms with E-state index >= 15 is 0 Å². The molecule has 2 rings (SSSR count). The number of rotatable bonds is 2. The summed E-state index contributed by atoms with van der Waals surface area (Å²) in [7, 11) is 0. The van der Waals surface area contributed by atoms with Crippen molar-refractivity contribution in [1.29, 1.82) is 0 Å². The first-order valence-corrected chi connectivity index (χ1v) is 5.06. The van der Waals surface area contributed by atoms with Crippen molar-refractivity contribution >= 4 is 5.95 Å². The molecule has 1 aromatic heterocycles. The largest absolute Gasteiger partial charge is 0.351 e. The lowest BCUT2D eigenvalue weighted by Gasteiger charge is -2.34. The molecule has 0 bridgehead atoms. The number of aromatic amines is 1. The second kappa shape index (κ2) is 3.40. The molecule has 2 N–H and O–H groups in total. The Kier molecular flexibility index (Phi) is 2.25. The summed E-state index contributed by atoms with van der Waals surface area (Å²) in [5.41, 5.74) is 0.260. The zero-order chi connectivity index (χ0) is 9.15. The first kappa shape index (κ1) is 8.60. The number of nitrogens with zero attached hydrogens (tertiary/aromatic N) is 1. The summed E-state index contributed by atoms with van der Waals surface area (Å²) >= 11 is 0. The molecular weight excluding hydrogens is 162 g/mol. The van der Waals surface area contributed by atoms with E-state index in [9.17, 15) is 0 Å². The fraction of sp³-hybridized carbons (Fsp3) is 0.700. The van der Waals surface area contributed by atoms with Gasteiger partial charge in [0.2, 0.25) is 0 Å². The van der Waals surface area contributed by atoms with Gasteiger partial charge in [0, 0.05) is 17.9 Å². The van der Waals surface area contributed by atoms with Crippen LogP contribution in [-0.2, 0) is 0 Å². The van der Waals surface area contributed by atoms with Gasteiger partial charge in [-0.3, -0.25) is 0 Å². The fourth-order valence-electron chi connectivity index (χ4n) is 2.08. The Morgan fingerprint density at radius 2 is 2.15 bits per heavy atom. The molecule has 1 fully saturated rings. The first-order chi connectivity index (χ1) is 6.29. The van der Waals surface area contributed by atoms with Crippen LogP contribution in [0.4, 0.5) is 5.95 Å². The molecule has 0 radical (unpaired) electrons. The SMILES string of the molecule is CC1(Nc2ncc[nH]2)CCCCC1. The van der Waals surface area contributed by atoms with Crippen LogP contribution in [0.1, 0.15) is 39.0 Å². The number of anilines is 1. The Balaban J connectivity index is 1.99. The van der Waals surface area contributed by atoms with Gasteiger partial charge in [0.1, 0.15) is 0 Å². The van der Waals surface area contributed by atoms with Crippen molar-refractivity contribution in [3.8, 4) is 0 Å². The van der Waals surface area contributed by atoms with E-state index in [1.807, 2.05) is 6.20 Å². The highest BCUT2D eigenvalue weighted by molar-refractivity contribution is 5.28. The Morgan fingerprint density at radius 3 is 2.77 bits per heavy atom. The molecule has 3 nitrogen and oxygen atoms in total. The van der Waals surface area contributed by atoms with E-state index in [2.05, 4.69) is 22.2 Å². The van der Waals surface area contributed by atoms with E-state index in [0.29, 0.717) is 0 Å². The highest BCUT2D eigenvalue weighted by atomic mass is 15.1. The van der Waals surface area contributed by atoms with Gasteiger partial charge in [0.05, 0.1) is 0 Å². The van der Waals surface area contributed by atoms with Gasteiger partial charge in [0.15, 0.2) is 5.95 Å². The van der Waals surface area contributed by atoms with E-state index < -0.39 is 0 Å². The second-order valence-electron chi connectivity index (χ2n) is 4.18. The summed E-state index contributed by atoms with van der Waals surface area (Å²) in [5, 5.41) is 3.47. The van der Waals surface area contributed by atoms with Gasteiger partial charge in [-0.15, -0.1) is 0 Å². The highest BCUT2D eigenvalue weighted by Crippen LogP contribution is 2.29. The third-order valence-corrected chi connectivity index (χ3v) is 2.88. The topological polar surface area (TPSA) is 40.7 Å². The predicted molar refractivity (Wildman–Crippen MR) is 53.7 cm³/mol. The minimum Gasteiger partial charge on any atom is -0.351 e. The minimum absolute atomic E-state index is 0.260. The monoisotopic (exact) mass is 179 g/mol. The first-order valence-electron chi connectivity index (χ1n) is 5.06. The van der Waals surface area contributed by atoms with Gasteiger partial charge in [-0.25, -0.2) is 4.98 Å². The van der Waals surface area contributed by atoms with E-state index in [1.54, 1.807) is 6.20 Å². The molecule has 1 aromatic rings. The van der Waals surface area contributed by atoms with Crippen LogP contribution in [0.25, 0.3) is 0 Å². The highest BCUT2D eigenvalue weighted by Gasteiger charge is 2.26. The Morgan fingerprint density at radius 1 is 1.38 bits per heavy atom. The number of hydrogen-bond donors (Lipinski definition) is 2. The van der Waals surface area contributed by atoms with Crippen LogP contribution in [-0.4, -0.2) is 15.5 Å². The standard InChI is InChI=1S/C10H17N3/c1-10(5-3-2-4-6-10)13-9-11-7-8-12-9/h7-8H,2-6H2,1H3,(H2,11,12,13). The van der Waals surface area contributed by atoms with E-state index in [1.165, 1.54) is 32.1 Å². The molecule has 0 aromatic carbocycles. The van der Waals surface area contributed by atoms with Crippen LogP contribution >= 0.6 is 0 Å². The molecule has 1 aliphatic carbocycles. The molecule has 1 aliphatic rings. The zero-order valence-corrected chi connectivity index (χ0v) is 8.14. The van der Waals surface area contributed by atoms with Crippen molar-refractivity contribution in [2.24, 2.45) is 0 Å². The maximum absolute atomic E-state index is 4.19. The van der Waals surface area contributed by atoms with Crippen molar-refractivity contribution in [3.63, 3.8) is 0 Å². The molecule has 72 valence electrons. The summed E-state index contributed by atoms with van der Waals surface area (Å²) in [6.07, 6.45) is 10.2. The van der Waals surface area contributed by atoms with Gasteiger partial charge >= 0.3 is 0 Å². The van der Waals surface area contributed by atoms with Crippen LogP contribution in [0.15, 0.2) is 12.4 Å². The molecule has 0 saturated heterocycles. The molecule has 1 heterocycles. The van der Waals surface area contributed by atoms with Gasteiger partial charge < -0.3 is 10.3 Å². The Bertz CT molecular complexity index is 247. The number of aromatic nitrogens is 2. The van der Waals surface area contributed by atoms with Gasteiger partial charge in [-0.1, -0.05) is 19.3 Å². The molecular formula is C10H17N3. The van der Waals surface area contributed by atoms with E-state index in [0.717, 1.165) is 5.95 Å². The molecule has 0 unspecified atom stereocenters. The van der Waals surface area contributed by atoms with Gasteiger partial charge in [-0.05, 0) is 19.8 Å². The van der Waals surface area contributed by atoms with E-state index in [-0.39, 0.29) is 5.54 Å². The van der Waals surface area contributed by atoms with Crippen molar-refractivity contribution < 1.29 is 0 Å². The molecule has 0 atom stereocenters. The molecule has 13 heavy (non-hydrogen) atoms. The summed E-state index contributed by atoms with van der Waals surface area (Å²) in [4.78, 5) is 7.28. The van der Waals surface area contributed by atoms with Crippen LogP contribution in [0.3, 0.4) is 0 Å². The lowest BCUT2D eigenvalue weighted by Crippen LogP contribution is -2.37. The number of imidazole rings is 1. The fourth-order valence-corrected chi connectivity index (χ4v) is 2.08. The number of hydrogen-bond acceptors (Lipinski definition) is 2. The normalized spacial score (nSPS) is 21.3. The number of nitrogens with one attached hydrogen (secondary N) is 2. The van der Waals surface area contributed by atoms with E-state index in [4.69, 9.17) is 0 Å². The van der Waals surface area contributed by atoms with Gasteiger partial charge in [-0.2, -0.15) is 0 Å². The molecule has 0 spiro atoms. The summed E-state index contributed by atoms with van der Waals surface area (Å²) in [6.45, 7) is 2.29. The smallest absolute Gasteiger partial charge is 0.200 e. The third-order valence-electron chi connectivity index (χ3n) is 2.88. The summed E-state index contributed by atoms with van der Waals surface area (Å²) in [6, 6.07) is 0. The average molecular weight is 179 g/mol. The average Bonchev–Trinajstić information content (AvgIpc) is 2.57. The lowest BCUT2D eigenvalue weighted by molar-refractivity contribution is 0.348. The van der Waals surface area contributed by atoms with Crippen molar-refractivity contribution in [1.82, 2.24) is 9.97 Å². The van der Waals surface area contributed by atoms with Gasteiger partial charge in [0.25, 0.3) is 0 Å². The zero-order valence-electron chi connectivity index (χ0n) is 8.14. The Labute approximate surface area is 79.0 Å². The minimum atomic E-state index is 0.260. The van der Waals surface area contributed by atoms with Crippen molar-refractivity contribution in [2.45, 2.75) is 44.6 Å².